The number of amides is 1. The predicted molar refractivity (Wildman–Crippen MR) is 64.7 cm³/mol. The van der Waals surface area contributed by atoms with Gasteiger partial charge in [0.15, 0.2) is 12.2 Å². The van der Waals surface area contributed by atoms with Crippen LogP contribution in [0, 0.1) is 0 Å². The van der Waals surface area contributed by atoms with E-state index in [4.69, 9.17) is 33.4 Å². The second-order valence-corrected chi connectivity index (χ2v) is 4.18. The first kappa shape index (κ1) is 14.7. The van der Waals surface area contributed by atoms with Crippen LogP contribution in [0.3, 0.4) is 0 Å². The van der Waals surface area contributed by atoms with Crippen molar-refractivity contribution in [2.75, 3.05) is 5.32 Å². The highest BCUT2D eigenvalue weighted by Gasteiger charge is 2.30. The molecule has 0 saturated heterocycles. The molecule has 0 fully saturated rings. The van der Waals surface area contributed by atoms with E-state index in [1.54, 1.807) is 0 Å². The zero-order valence-electron chi connectivity index (χ0n) is 8.80. The molecule has 1 rings (SSSR count). The van der Waals surface area contributed by atoms with E-state index in [1.165, 1.54) is 18.2 Å². The lowest BCUT2D eigenvalue weighted by Gasteiger charge is -2.14. The van der Waals surface area contributed by atoms with Crippen LogP contribution in [-0.2, 0) is 9.59 Å². The van der Waals surface area contributed by atoms with Gasteiger partial charge in [-0.2, -0.15) is 0 Å². The zero-order valence-corrected chi connectivity index (χ0v) is 10.3. The van der Waals surface area contributed by atoms with Gasteiger partial charge in [0.25, 0.3) is 5.91 Å². The molecular formula is C10H9Cl2NO5. The molecule has 0 radical (unpaired) electrons. The SMILES string of the molecule is O=C(O)[C@@H](O)[C@H](O)C(=O)Nc1ccc(Cl)cc1Cl. The lowest BCUT2D eigenvalue weighted by molar-refractivity contribution is -0.156. The van der Waals surface area contributed by atoms with Crippen LogP contribution in [0.1, 0.15) is 0 Å². The number of carbonyl (C=O) groups excluding carboxylic acids is 1. The fourth-order valence-electron chi connectivity index (χ4n) is 1.08. The molecule has 98 valence electrons. The van der Waals surface area contributed by atoms with Gasteiger partial charge in [-0.05, 0) is 18.2 Å². The lowest BCUT2D eigenvalue weighted by Crippen LogP contribution is -2.42. The maximum Gasteiger partial charge on any atom is 0.335 e. The fraction of sp³-hybridized carbons (Fsp3) is 0.200. The number of anilines is 1. The fourth-order valence-corrected chi connectivity index (χ4v) is 1.53. The number of aliphatic carboxylic acids is 1. The summed E-state index contributed by atoms with van der Waals surface area (Å²) in [5.74, 6) is -2.80. The highest BCUT2D eigenvalue weighted by atomic mass is 35.5. The van der Waals surface area contributed by atoms with Crippen LogP contribution >= 0.6 is 23.2 Å². The third-order valence-corrected chi connectivity index (χ3v) is 2.56. The van der Waals surface area contributed by atoms with E-state index in [0.29, 0.717) is 5.02 Å². The average molecular weight is 294 g/mol. The molecule has 18 heavy (non-hydrogen) atoms. The van der Waals surface area contributed by atoms with Crippen molar-refractivity contribution >= 4 is 40.8 Å². The van der Waals surface area contributed by atoms with Gasteiger partial charge < -0.3 is 20.6 Å². The Balaban J connectivity index is 2.78. The van der Waals surface area contributed by atoms with E-state index in [2.05, 4.69) is 5.32 Å². The number of carboxylic acids is 1. The van der Waals surface area contributed by atoms with E-state index < -0.39 is 24.1 Å². The summed E-state index contributed by atoms with van der Waals surface area (Å²) in [6.07, 6.45) is -4.31. The number of carboxylic acid groups (broad SMARTS) is 1. The van der Waals surface area contributed by atoms with Crippen molar-refractivity contribution < 1.29 is 24.9 Å². The topological polar surface area (TPSA) is 107 Å². The molecule has 1 aromatic rings. The summed E-state index contributed by atoms with van der Waals surface area (Å²) >= 11 is 11.4. The Kier molecular flexibility index (Phi) is 4.92. The van der Waals surface area contributed by atoms with Crippen LogP contribution in [0.5, 0.6) is 0 Å². The average Bonchev–Trinajstić information content (AvgIpc) is 2.30. The van der Waals surface area contributed by atoms with Gasteiger partial charge in [0.2, 0.25) is 0 Å². The van der Waals surface area contributed by atoms with E-state index in [1.807, 2.05) is 0 Å². The minimum atomic E-state index is -2.21. The van der Waals surface area contributed by atoms with Gasteiger partial charge in [-0.3, -0.25) is 4.79 Å². The van der Waals surface area contributed by atoms with Crippen molar-refractivity contribution in [2.24, 2.45) is 0 Å². The molecular weight excluding hydrogens is 285 g/mol. The summed E-state index contributed by atoms with van der Waals surface area (Å²) < 4.78 is 0. The minimum absolute atomic E-state index is 0.118. The Bertz CT molecular complexity index is 479. The van der Waals surface area contributed by atoms with Gasteiger partial charge in [0.05, 0.1) is 10.7 Å². The molecule has 6 nitrogen and oxygen atoms in total. The molecule has 2 atom stereocenters. The monoisotopic (exact) mass is 293 g/mol. The second-order valence-electron chi connectivity index (χ2n) is 3.34. The summed E-state index contributed by atoms with van der Waals surface area (Å²) in [6.45, 7) is 0. The summed E-state index contributed by atoms with van der Waals surface area (Å²) in [4.78, 5) is 21.8. The van der Waals surface area contributed by atoms with Crippen LogP contribution in [0.25, 0.3) is 0 Å². The van der Waals surface area contributed by atoms with E-state index in [0.717, 1.165) is 0 Å². The first-order valence-electron chi connectivity index (χ1n) is 4.67. The van der Waals surface area contributed by atoms with Gasteiger partial charge in [0.1, 0.15) is 0 Å². The number of nitrogens with one attached hydrogen (secondary N) is 1. The zero-order chi connectivity index (χ0) is 13.9. The molecule has 0 heterocycles. The lowest BCUT2D eigenvalue weighted by atomic mass is 10.2. The molecule has 1 aromatic carbocycles. The van der Waals surface area contributed by atoms with Crippen molar-refractivity contribution in [3.8, 4) is 0 Å². The third kappa shape index (κ3) is 3.58. The maximum atomic E-state index is 11.4. The number of aliphatic hydroxyl groups is 2. The second kappa shape index (κ2) is 6.01. The Labute approximate surface area is 112 Å². The van der Waals surface area contributed by atoms with E-state index in [9.17, 15) is 14.7 Å². The summed E-state index contributed by atoms with van der Waals surface area (Å²) in [5, 5.41) is 29.3. The summed E-state index contributed by atoms with van der Waals surface area (Å²) in [6, 6.07) is 4.18. The quantitative estimate of drug-likeness (QED) is 0.655. The van der Waals surface area contributed by atoms with Crippen LogP contribution in [0.2, 0.25) is 10.0 Å². The van der Waals surface area contributed by atoms with Crippen molar-refractivity contribution in [3.63, 3.8) is 0 Å². The highest BCUT2D eigenvalue weighted by Crippen LogP contribution is 2.25. The molecule has 0 spiro atoms. The molecule has 0 aliphatic carbocycles. The Morgan fingerprint density at radius 3 is 2.28 bits per heavy atom. The number of aliphatic hydroxyl groups excluding tert-OH is 2. The van der Waals surface area contributed by atoms with Crippen LogP contribution < -0.4 is 5.32 Å². The summed E-state index contributed by atoms with van der Waals surface area (Å²) in [5.41, 5.74) is 0.141. The molecule has 0 aliphatic heterocycles. The van der Waals surface area contributed by atoms with Gasteiger partial charge >= 0.3 is 5.97 Å². The van der Waals surface area contributed by atoms with Crippen LogP contribution in [-0.4, -0.2) is 39.4 Å². The molecule has 0 aliphatic rings. The molecule has 0 bridgehead atoms. The molecule has 0 saturated carbocycles. The number of benzene rings is 1. The van der Waals surface area contributed by atoms with Crippen LogP contribution in [0.15, 0.2) is 18.2 Å². The number of rotatable bonds is 4. The molecule has 0 aromatic heterocycles. The largest absolute Gasteiger partial charge is 0.479 e. The Morgan fingerprint density at radius 2 is 1.78 bits per heavy atom. The Morgan fingerprint density at radius 1 is 1.17 bits per heavy atom. The van der Waals surface area contributed by atoms with Gasteiger partial charge in [-0.15, -0.1) is 0 Å². The number of halogens is 2. The smallest absolute Gasteiger partial charge is 0.335 e. The van der Waals surface area contributed by atoms with Gasteiger partial charge in [-0.25, -0.2) is 4.79 Å². The van der Waals surface area contributed by atoms with Crippen molar-refractivity contribution in [1.82, 2.24) is 0 Å². The van der Waals surface area contributed by atoms with E-state index in [-0.39, 0.29) is 10.7 Å². The van der Waals surface area contributed by atoms with E-state index >= 15 is 0 Å². The van der Waals surface area contributed by atoms with Gasteiger partial charge in [-0.1, -0.05) is 23.2 Å². The number of hydrogen-bond acceptors (Lipinski definition) is 4. The minimum Gasteiger partial charge on any atom is -0.479 e. The Hall–Kier alpha value is -1.34. The molecule has 0 unspecified atom stereocenters. The van der Waals surface area contributed by atoms with Crippen molar-refractivity contribution in [2.45, 2.75) is 12.2 Å². The third-order valence-electron chi connectivity index (χ3n) is 2.01. The molecule has 4 N–H and O–H groups in total. The summed E-state index contributed by atoms with van der Waals surface area (Å²) in [7, 11) is 0. The first-order chi connectivity index (χ1) is 8.32. The predicted octanol–water partition coefficient (Wildman–Crippen LogP) is 0.738. The molecule has 1 amide bonds. The first-order valence-corrected chi connectivity index (χ1v) is 5.43. The number of hydrogen-bond donors (Lipinski definition) is 4. The van der Waals surface area contributed by atoms with Crippen molar-refractivity contribution in [3.05, 3.63) is 28.2 Å². The standard InChI is InChI=1S/C10H9Cl2NO5/c11-4-1-2-6(5(12)3-4)13-9(16)7(14)8(15)10(17)18/h1-3,7-8,14-15H,(H,13,16)(H,17,18)/t7-,8-/m0/s1. The normalized spacial score (nSPS) is 13.8. The van der Waals surface area contributed by atoms with Crippen molar-refractivity contribution in [1.29, 1.82) is 0 Å². The van der Waals surface area contributed by atoms with Gasteiger partial charge in [0, 0.05) is 5.02 Å². The highest BCUT2D eigenvalue weighted by molar-refractivity contribution is 6.36. The molecule has 8 heteroatoms. The number of carbonyl (C=O) groups is 2. The maximum absolute atomic E-state index is 11.4. The van der Waals surface area contributed by atoms with Crippen LogP contribution in [0.4, 0.5) is 5.69 Å².